The van der Waals surface area contributed by atoms with Crippen LogP contribution in [0.25, 0.3) is 0 Å². The van der Waals surface area contributed by atoms with Gasteiger partial charge >= 0.3 is 6.09 Å². The monoisotopic (exact) mass is 411 g/mol. The molecule has 1 aromatic carbocycles. The van der Waals surface area contributed by atoms with E-state index in [1.807, 2.05) is 13.8 Å². The normalized spacial score (nSPS) is 16.5. The first-order chi connectivity index (χ1) is 13.1. The summed E-state index contributed by atoms with van der Waals surface area (Å²) in [6.45, 7) is 4.37. The Hall–Kier alpha value is -2.89. The first-order valence-corrected chi connectivity index (χ1v) is 9.27. The summed E-state index contributed by atoms with van der Waals surface area (Å²) in [7, 11) is 0. The Morgan fingerprint density at radius 3 is 2.57 bits per heavy atom. The van der Waals surface area contributed by atoms with Crippen molar-refractivity contribution in [1.29, 1.82) is 0 Å². The second-order valence-corrected chi connectivity index (χ2v) is 8.69. The molecule has 0 fully saturated rings. The summed E-state index contributed by atoms with van der Waals surface area (Å²) in [6.07, 6.45) is -0.704. The number of nitrogens with zero attached hydrogens (tertiary/aromatic N) is 3. The Morgan fingerprint density at radius 2 is 2.04 bits per heavy atom. The minimum Gasteiger partial charge on any atom is -0.444 e. The van der Waals surface area contributed by atoms with Crippen LogP contribution in [0.3, 0.4) is 0 Å². The lowest BCUT2D eigenvalue weighted by Gasteiger charge is -2.28. The highest BCUT2D eigenvalue weighted by Gasteiger charge is 2.30. The van der Waals surface area contributed by atoms with Crippen molar-refractivity contribution >= 4 is 29.5 Å². The van der Waals surface area contributed by atoms with Gasteiger partial charge in [0, 0.05) is 28.9 Å². The molecule has 1 aliphatic heterocycles. The van der Waals surface area contributed by atoms with Gasteiger partial charge in [-0.3, -0.25) is 30.5 Å². The number of carbonyl (C=O) groups excluding carboxylic acids is 1. The third-order valence-electron chi connectivity index (χ3n) is 3.68. The van der Waals surface area contributed by atoms with Crippen molar-refractivity contribution in [3.05, 3.63) is 50.1 Å². The zero-order chi connectivity index (χ0) is 20.7. The van der Waals surface area contributed by atoms with Crippen LogP contribution in [0.15, 0.2) is 29.3 Å². The number of alkyl carbamates (subject to hydrolysis) is 1. The van der Waals surface area contributed by atoms with E-state index >= 15 is 0 Å². The highest BCUT2D eigenvalue weighted by molar-refractivity contribution is 8.01. The van der Waals surface area contributed by atoms with Crippen LogP contribution in [0.5, 0.6) is 0 Å². The zero-order valence-electron chi connectivity index (χ0n) is 15.4. The first kappa shape index (κ1) is 21.4. The molecule has 1 atom stereocenters. The van der Waals surface area contributed by atoms with Gasteiger partial charge in [-0.2, -0.15) is 0 Å². The summed E-state index contributed by atoms with van der Waals surface area (Å²) >= 11 is 1.48. The lowest BCUT2D eigenvalue weighted by molar-refractivity contribution is -0.483. The summed E-state index contributed by atoms with van der Waals surface area (Å²) in [5.74, 6) is 0.276. The van der Waals surface area contributed by atoms with Crippen molar-refractivity contribution in [1.82, 2.24) is 10.6 Å². The Kier molecular flexibility index (Phi) is 7.15. The number of guanidine groups is 1. The summed E-state index contributed by atoms with van der Waals surface area (Å²) in [5.41, 5.74) is 0.576. The molecule has 28 heavy (non-hydrogen) atoms. The van der Waals surface area contributed by atoms with E-state index < -0.39 is 15.8 Å². The molecule has 0 saturated heterocycles. The second kappa shape index (κ2) is 9.35. The maximum Gasteiger partial charge on any atom is 0.414 e. The van der Waals surface area contributed by atoms with Gasteiger partial charge in [0.1, 0.15) is 6.61 Å². The molecular weight excluding hydrogens is 390 g/mol. The topological polar surface area (TPSA) is 149 Å². The zero-order valence-corrected chi connectivity index (χ0v) is 16.2. The van der Waals surface area contributed by atoms with Gasteiger partial charge in [-0.1, -0.05) is 0 Å². The molecular formula is C16H21N5O6S. The first-order valence-electron chi connectivity index (χ1n) is 8.40. The van der Waals surface area contributed by atoms with E-state index in [2.05, 4.69) is 15.6 Å². The van der Waals surface area contributed by atoms with E-state index in [4.69, 9.17) is 4.74 Å². The van der Waals surface area contributed by atoms with E-state index in [1.165, 1.54) is 36.0 Å². The van der Waals surface area contributed by atoms with Crippen LogP contribution >= 0.6 is 11.8 Å². The number of aliphatic imine (C=N–C) groups is 1. The number of amides is 1. The summed E-state index contributed by atoms with van der Waals surface area (Å²) in [4.78, 5) is 36.5. The molecule has 152 valence electrons. The number of benzene rings is 1. The molecule has 2 rings (SSSR count). The maximum absolute atomic E-state index is 11.8. The number of hydrogen-bond donors (Lipinski definition) is 2. The van der Waals surface area contributed by atoms with Crippen LogP contribution in [0, 0.1) is 20.2 Å². The van der Waals surface area contributed by atoms with Crippen LogP contribution < -0.4 is 10.6 Å². The van der Waals surface area contributed by atoms with Gasteiger partial charge in [-0.25, -0.2) is 4.79 Å². The largest absolute Gasteiger partial charge is 0.444 e. The van der Waals surface area contributed by atoms with Gasteiger partial charge in [0.2, 0.25) is 12.5 Å². The van der Waals surface area contributed by atoms with Gasteiger partial charge in [-0.05, 0) is 31.5 Å². The standard InChI is InChI=1S/C16H21N5O6S/c1-16(2,10-20(23)24)28-13-7-17-14(18-8-13)19-15(22)27-9-11-3-5-12(6-4-11)21(25)26/h3-6,13H,7-10H2,1-2H3,(H2,17,18,19,22). The van der Waals surface area contributed by atoms with Gasteiger partial charge in [0.25, 0.3) is 5.69 Å². The second-order valence-electron chi connectivity index (χ2n) is 6.69. The van der Waals surface area contributed by atoms with Gasteiger partial charge in [0.05, 0.1) is 16.2 Å². The average molecular weight is 411 g/mol. The predicted molar refractivity (Wildman–Crippen MR) is 104 cm³/mol. The highest BCUT2D eigenvalue weighted by Crippen LogP contribution is 2.29. The number of ether oxygens (including phenoxy) is 1. The fourth-order valence-electron chi connectivity index (χ4n) is 2.48. The number of hydrogen-bond acceptors (Lipinski definition) is 9. The van der Waals surface area contributed by atoms with Crippen LogP contribution in [0.1, 0.15) is 19.4 Å². The molecule has 0 saturated carbocycles. The molecule has 0 bridgehead atoms. The molecule has 1 heterocycles. The van der Waals surface area contributed by atoms with Gasteiger partial charge < -0.3 is 10.1 Å². The van der Waals surface area contributed by atoms with E-state index in [0.29, 0.717) is 18.7 Å². The maximum atomic E-state index is 11.8. The average Bonchev–Trinajstić information content (AvgIpc) is 2.60. The molecule has 0 aliphatic carbocycles. The van der Waals surface area contributed by atoms with Gasteiger partial charge in [-0.15, -0.1) is 11.8 Å². The van der Waals surface area contributed by atoms with Crippen molar-refractivity contribution in [2.75, 3.05) is 19.6 Å². The molecule has 0 aromatic heterocycles. The van der Waals surface area contributed by atoms with E-state index in [9.17, 15) is 25.0 Å². The van der Waals surface area contributed by atoms with E-state index in [0.717, 1.165) is 0 Å². The number of carbonyl (C=O) groups is 1. The Balaban J connectivity index is 1.76. The molecule has 2 N–H and O–H groups in total. The summed E-state index contributed by atoms with van der Waals surface area (Å²) < 4.78 is 4.55. The van der Waals surface area contributed by atoms with Crippen molar-refractivity contribution in [3.63, 3.8) is 0 Å². The van der Waals surface area contributed by atoms with Crippen molar-refractivity contribution in [2.45, 2.75) is 30.5 Å². The number of nitro groups is 2. The Bertz CT molecular complexity index is 767. The quantitative estimate of drug-likeness (QED) is 0.510. The smallest absolute Gasteiger partial charge is 0.414 e. The molecule has 1 amide bonds. The third-order valence-corrected chi connectivity index (χ3v) is 5.10. The number of nitrogens with one attached hydrogen (secondary N) is 2. The Morgan fingerprint density at radius 1 is 1.36 bits per heavy atom. The molecule has 1 unspecified atom stereocenters. The fourth-order valence-corrected chi connectivity index (χ4v) is 3.88. The fraction of sp³-hybridized carbons (Fsp3) is 0.500. The lowest BCUT2D eigenvalue weighted by Crippen LogP contribution is -2.48. The van der Waals surface area contributed by atoms with Crippen LogP contribution in [-0.2, 0) is 11.3 Å². The lowest BCUT2D eigenvalue weighted by atomic mass is 10.2. The van der Waals surface area contributed by atoms with Crippen LogP contribution in [0.4, 0.5) is 10.5 Å². The summed E-state index contributed by atoms with van der Waals surface area (Å²) in [5, 5.41) is 26.8. The summed E-state index contributed by atoms with van der Waals surface area (Å²) in [6, 6.07) is 5.69. The van der Waals surface area contributed by atoms with Gasteiger partial charge in [0.15, 0.2) is 0 Å². The molecule has 11 nitrogen and oxygen atoms in total. The van der Waals surface area contributed by atoms with E-state index in [1.54, 1.807) is 0 Å². The van der Waals surface area contributed by atoms with Crippen molar-refractivity contribution < 1.29 is 19.4 Å². The minimum atomic E-state index is -0.704. The van der Waals surface area contributed by atoms with Crippen LogP contribution in [0.2, 0.25) is 0 Å². The molecule has 0 spiro atoms. The minimum absolute atomic E-state index is 0.0370. The number of rotatable bonds is 7. The highest BCUT2D eigenvalue weighted by atomic mass is 32.2. The SMILES string of the molecule is CC(C)(C[N+](=O)[O-])SC1CN=C(NC(=O)OCc2ccc([N+](=O)[O-])cc2)NC1. The molecule has 0 radical (unpaired) electrons. The molecule has 12 heteroatoms. The van der Waals surface area contributed by atoms with Crippen molar-refractivity contribution in [2.24, 2.45) is 4.99 Å². The van der Waals surface area contributed by atoms with Crippen molar-refractivity contribution in [3.8, 4) is 0 Å². The third kappa shape index (κ3) is 7.02. The predicted octanol–water partition coefficient (Wildman–Crippen LogP) is 1.94. The number of nitro benzene ring substituents is 1. The van der Waals surface area contributed by atoms with Crippen LogP contribution in [-0.4, -0.2) is 51.5 Å². The Labute approximate surface area is 165 Å². The number of thioether (sulfide) groups is 1. The molecule has 1 aromatic rings. The van der Waals surface area contributed by atoms with E-state index in [-0.39, 0.29) is 35.0 Å². The number of non-ortho nitro benzene ring substituents is 1. The molecule has 1 aliphatic rings.